The molecule has 126 valence electrons. The first-order valence-electron chi connectivity index (χ1n) is 9.54. The average Bonchev–Trinajstić information content (AvgIpc) is 2.65. The van der Waals surface area contributed by atoms with Crippen molar-refractivity contribution in [3.8, 4) is 0 Å². The highest BCUT2D eigenvalue weighted by atomic mass is 35.5. The monoisotopic (exact) mass is 324 g/mol. The summed E-state index contributed by atoms with van der Waals surface area (Å²) in [5, 5.41) is 11.1. The fraction of sp³-hybridized carbons (Fsp3) is 1.00. The number of halogens is 1. The Balaban J connectivity index is 1.72. The lowest BCUT2D eigenvalue weighted by molar-refractivity contribution is -0.145. The van der Waals surface area contributed by atoms with Crippen molar-refractivity contribution in [3.05, 3.63) is 0 Å². The summed E-state index contributed by atoms with van der Waals surface area (Å²) in [6.07, 6.45) is 11.7. The molecule has 4 fully saturated rings. The molecule has 1 spiro atoms. The molecule has 0 saturated heterocycles. The van der Waals surface area contributed by atoms with Gasteiger partial charge in [0, 0.05) is 0 Å². The van der Waals surface area contributed by atoms with E-state index in [2.05, 4.69) is 20.8 Å². The van der Waals surface area contributed by atoms with E-state index in [1.165, 1.54) is 51.4 Å². The SMILES string of the molecule is CC1(C)CCCC2(C)C1CCC13CC(CCC12)C(O)(CCl)C3. The summed E-state index contributed by atoms with van der Waals surface area (Å²) in [5.74, 6) is 2.62. The molecular weight excluding hydrogens is 292 g/mol. The Morgan fingerprint density at radius 3 is 2.50 bits per heavy atom. The van der Waals surface area contributed by atoms with Gasteiger partial charge in [0.25, 0.3) is 0 Å². The van der Waals surface area contributed by atoms with Crippen LogP contribution in [0.1, 0.15) is 78.6 Å². The van der Waals surface area contributed by atoms with E-state index >= 15 is 0 Å². The van der Waals surface area contributed by atoms with Crippen molar-refractivity contribution in [2.75, 3.05) is 5.88 Å². The largest absolute Gasteiger partial charge is 0.388 e. The minimum Gasteiger partial charge on any atom is -0.388 e. The predicted octanol–water partition coefficient (Wildman–Crippen LogP) is 5.39. The summed E-state index contributed by atoms with van der Waals surface area (Å²) >= 11 is 6.21. The summed E-state index contributed by atoms with van der Waals surface area (Å²) < 4.78 is 0. The van der Waals surface area contributed by atoms with Gasteiger partial charge in [0.15, 0.2) is 0 Å². The van der Waals surface area contributed by atoms with E-state index in [1.807, 2.05) is 0 Å². The van der Waals surface area contributed by atoms with Crippen molar-refractivity contribution in [2.24, 2.45) is 34.0 Å². The van der Waals surface area contributed by atoms with Crippen LogP contribution in [-0.4, -0.2) is 16.6 Å². The Bertz CT molecular complexity index is 474. The quantitative estimate of drug-likeness (QED) is 0.641. The Morgan fingerprint density at radius 1 is 1.00 bits per heavy atom. The first kappa shape index (κ1) is 15.8. The third kappa shape index (κ3) is 1.88. The van der Waals surface area contributed by atoms with Gasteiger partial charge >= 0.3 is 0 Å². The third-order valence-corrected chi connectivity index (χ3v) is 9.31. The fourth-order valence-electron chi connectivity index (χ4n) is 8.10. The highest BCUT2D eigenvalue weighted by Crippen LogP contribution is 2.72. The topological polar surface area (TPSA) is 20.2 Å². The Hall–Kier alpha value is 0.250. The molecule has 0 aliphatic heterocycles. The maximum atomic E-state index is 11.1. The van der Waals surface area contributed by atoms with E-state index < -0.39 is 5.60 Å². The van der Waals surface area contributed by atoms with E-state index in [0.29, 0.717) is 28.0 Å². The summed E-state index contributed by atoms with van der Waals surface area (Å²) in [6.45, 7) is 7.65. The van der Waals surface area contributed by atoms with Gasteiger partial charge in [-0.05, 0) is 85.4 Å². The van der Waals surface area contributed by atoms with Crippen LogP contribution in [0, 0.1) is 34.0 Å². The number of alkyl halides is 1. The summed E-state index contributed by atoms with van der Waals surface area (Å²) in [7, 11) is 0. The van der Waals surface area contributed by atoms with E-state index in [1.54, 1.807) is 0 Å². The normalized spacial score (nSPS) is 56.3. The van der Waals surface area contributed by atoms with E-state index in [9.17, 15) is 5.11 Å². The van der Waals surface area contributed by atoms with Crippen molar-refractivity contribution >= 4 is 11.6 Å². The lowest BCUT2D eigenvalue weighted by Crippen LogP contribution is -2.55. The second-order valence-electron chi connectivity index (χ2n) is 10.2. The van der Waals surface area contributed by atoms with Crippen LogP contribution in [-0.2, 0) is 0 Å². The van der Waals surface area contributed by atoms with E-state index in [-0.39, 0.29) is 0 Å². The zero-order chi connectivity index (χ0) is 15.8. The minimum atomic E-state index is -0.566. The Morgan fingerprint density at radius 2 is 1.77 bits per heavy atom. The minimum absolute atomic E-state index is 0.408. The number of fused-ring (bicyclic) bond motifs is 3. The number of hydrogen-bond donors (Lipinski definition) is 1. The average molecular weight is 325 g/mol. The molecule has 1 nitrogen and oxygen atoms in total. The summed E-state index contributed by atoms with van der Waals surface area (Å²) in [5.41, 5.74) is 0.851. The number of hydrogen-bond acceptors (Lipinski definition) is 1. The van der Waals surface area contributed by atoms with Crippen molar-refractivity contribution < 1.29 is 5.11 Å². The Kier molecular flexibility index (Phi) is 3.34. The van der Waals surface area contributed by atoms with Gasteiger partial charge in [-0.1, -0.05) is 27.2 Å². The van der Waals surface area contributed by atoms with Gasteiger partial charge in [0.2, 0.25) is 0 Å². The van der Waals surface area contributed by atoms with Crippen LogP contribution in [0.5, 0.6) is 0 Å². The fourth-order valence-corrected chi connectivity index (χ4v) is 8.42. The zero-order valence-electron chi connectivity index (χ0n) is 14.6. The second-order valence-corrected chi connectivity index (χ2v) is 10.5. The molecule has 2 heteroatoms. The van der Waals surface area contributed by atoms with Gasteiger partial charge in [0.05, 0.1) is 11.5 Å². The molecule has 0 heterocycles. The molecule has 2 bridgehead atoms. The zero-order valence-corrected chi connectivity index (χ0v) is 15.4. The van der Waals surface area contributed by atoms with E-state index in [0.717, 1.165) is 18.3 Å². The van der Waals surface area contributed by atoms with Gasteiger partial charge in [-0.2, -0.15) is 0 Å². The summed E-state index contributed by atoms with van der Waals surface area (Å²) in [6, 6.07) is 0. The van der Waals surface area contributed by atoms with Gasteiger partial charge in [-0.15, -0.1) is 11.6 Å². The molecule has 4 rings (SSSR count). The smallest absolute Gasteiger partial charge is 0.0816 e. The lowest BCUT2D eigenvalue weighted by Gasteiger charge is -2.64. The molecule has 0 radical (unpaired) electrons. The molecule has 0 aromatic carbocycles. The molecule has 1 N–H and O–H groups in total. The van der Waals surface area contributed by atoms with Gasteiger partial charge in [0.1, 0.15) is 0 Å². The van der Waals surface area contributed by atoms with Crippen molar-refractivity contribution in [1.82, 2.24) is 0 Å². The van der Waals surface area contributed by atoms with Gasteiger partial charge < -0.3 is 5.11 Å². The van der Waals surface area contributed by atoms with E-state index in [4.69, 9.17) is 11.6 Å². The molecule has 22 heavy (non-hydrogen) atoms. The number of rotatable bonds is 1. The number of aliphatic hydroxyl groups is 1. The molecular formula is C20H33ClO. The lowest BCUT2D eigenvalue weighted by atomic mass is 9.41. The maximum absolute atomic E-state index is 11.1. The van der Waals surface area contributed by atoms with Gasteiger partial charge in [-0.25, -0.2) is 0 Å². The maximum Gasteiger partial charge on any atom is 0.0816 e. The first-order chi connectivity index (χ1) is 10.3. The van der Waals surface area contributed by atoms with Gasteiger partial charge in [-0.3, -0.25) is 0 Å². The highest BCUT2D eigenvalue weighted by molar-refractivity contribution is 6.18. The molecule has 0 amide bonds. The molecule has 4 saturated carbocycles. The van der Waals surface area contributed by atoms with Crippen LogP contribution in [0.3, 0.4) is 0 Å². The molecule has 4 aliphatic carbocycles. The molecule has 0 aromatic rings. The van der Waals surface area contributed by atoms with Crippen molar-refractivity contribution in [2.45, 2.75) is 84.2 Å². The predicted molar refractivity (Wildman–Crippen MR) is 92.0 cm³/mol. The van der Waals surface area contributed by atoms with Crippen LogP contribution in [0.4, 0.5) is 0 Å². The van der Waals surface area contributed by atoms with Crippen LogP contribution in [0.15, 0.2) is 0 Å². The van der Waals surface area contributed by atoms with Crippen molar-refractivity contribution in [3.63, 3.8) is 0 Å². The molecule has 4 aliphatic rings. The Labute approximate surface area is 141 Å². The molecule has 6 unspecified atom stereocenters. The summed E-state index contributed by atoms with van der Waals surface area (Å²) in [4.78, 5) is 0. The van der Waals surface area contributed by atoms with Crippen molar-refractivity contribution in [1.29, 1.82) is 0 Å². The third-order valence-electron chi connectivity index (χ3n) is 8.85. The van der Waals surface area contributed by atoms with Crippen LogP contribution in [0.2, 0.25) is 0 Å². The molecule has 0 aromatic heterocycles. The van der Waals surface area contributed by atoms with Crippen LogP contribution >= 0.6 is 11.6 Å². The van der Waals surface area contributed by atoms with Crippen LogP contribution < -0.4 is 0 Å². The standard InChI is InChI=1S/C20H33ClO/c1-17(2)8-4-9-18(3)15(17)7-10-19-11-14(5-6-16(18)19)20(22,12-19)13-21/h14-16,22H,4-13H2,1-3H3. The first-order valence-corrected chi connectivity index (χ1v) is 10.1. The highest BCUT2D eigenvalue weighted by Gasteiger charge is 2.66. The second kappa shape index (κ2) is 4.66. The van der Waals surface area contributed by atoms with Crippen LogP contribution in [0.25, 0.3) is 0 Å². The molecule has 6 atom stereocenters.